The minimum atomic E-state index is 0.139. The molecule has 59 heavy (non-hydrogen) atoms. The Morgan fingerprint density at radius 1 is 0.322 bits per heavy atom. The molecule has 5 N–H and O–H groups in total. The first-order valence-corrected chi connectivity index (χ1v) is 19.4. The van der Waals surface area contributed by atoms with Crippen LogP contribution in [0, 0.1) is 0 Å². The molecule has 2 aliphatic heterocycles. The molecule has 0 saturated carbocycles. The van der Waals surface area contributed by atoms with E-state index < -0.39 is 0 Å². The number of aromatic amines is 2. The monoisotopic (exact) mass is 762 g/mol. The number of phenols is 3. The van der Waals surface area contributed by atoms with Crippen LogP contribution in [0.3, 0.4) is 0 Å². The predicted octanol–water partition coefficient (Wildman–Crippen LogP) is 12.7. The van der Waals surface area contributed by atoms with Crippen LogP contribution in [0.15, 0.2) is 152 Å². The van der Waals surface area contributed by atoms with Crippen LogP contribution in [0.25, 0.3) is 112 Å². The quantitative estimate of drug-likeness (QED) is 0.122. The van der Waals surface area contributed by atoms with E-state index in [0.29, 0.717) is 28.2 Å². The number of aromatic nitrogens is 4. The second-order valence-corrected chi connectivity index (χ2v) is 14.8. The largest absolute Gasteiger partial charge is 0.508 e. The fraction of sp³-hybridized carbons (Fsp3) is 0. The van der Waals surface area contributed by atoms with Crippen molar-refractivity contribution >= 4 is 67.9 Å². The number of hydrogen-bond donors (Lipinski definition) is 5. The van der Waals surface area contributed by atoms with Crippen LogP contribution in [0.5, 0.6) is 17.2 Å². The fourth-order valence-electron chi connectivity index (χ4n) is 8.62. The number of rotatable bonds is 4. The van der Waals surface area contributed by atoms with Crippen molar-refractivity contribution in [3.8, 4) is 61.8 Å². The minimum absolute atomic E-state index is 0.139. The molecule has 0 saturated heterocycles. The van der Waals surface area contributed by atoms with E-state index in [0.717, 1.165) is 82.7 Å². The van der Waals surface area contributed by atoms with Gasteiger partial charge in [-0.05, 0) is 106 Å². The molecule has 0 radical (unpaired) electrons. The van der Waals surface area contributed by atoms with Gasteiger partial charge in [-0.15, -0.1) is 0 Å². The predicted molar refractivity (Wildman–Crippen MR) is 241 cm³/mol. The van der Waals surface area contributed by atoms with E-state index in [9.17, 15) is 15.3 Å². The molecule has 0 atom stereocenters. The Hall–Kier alpha value is -8.16. The molecule has 0 fully saturated rings. The summed E-state index contributed by atoms with van der Waals surface area (Å²) in [4.78, 5) is 18.2. The summed E-state index contributed by atoms with van der Waals surface area (Å²) in [6.45, 7) is 0. The van der Waals surface area contributed by atoms with Gasteiger partial charge in [-0.25, -0.2) is 9.97 Å². The van der Waals surface area contributed by atoms with Crippen molar-refractivity contribution in [2.24, 2.45) is 0 Å². The lowest BCUT2D eigenvalue weighted by atomic mass is 9.96. The van der Waals surface area contributed by atoms with Gasteiger partial charge in [0.15, 0.2) is 0 Å². The Kier molecular flexibility index (Phi) is 7.81. The molecule has 0 amide bonds. The second kappa shape index (κ2) is 13.5. The number of nitrogens with one attached hydrogen (secondary N) is 2. The van der Waals surface area contributed by atoms with Gasteiger partial charge in [0.1, 0.15) is 17.2 Å². The lowest BCUT2D eigenvalue weighted by Gasteiger charge is -2.11. The van der Waals surface area contributed by atoms with Gasteiger partial charge in [-0.2, -0.15) is 0 Å². The molecule has 0 aliphatic carbocycles. The SMILES string of the molecule is Oc1ccc(-c2c3nc(c(-c4c(O)ccc5ccccc45)c4ccc([nH]4)c(-c4ccccc4)c4nc(c(-c5c(O)ccc6ccccc56)c5ccc2[nH]5)C=C4)C=C3)cc1. The van der Waals surface area contributed by atoms with Crippen LogP contribution in [0.2, 0.25) is 0 Å². The van der Waals surface area contributed by atoms with Crippen LogP contribution in [0.1, 0.15) is 22.8 Å². The smallest absolute Gasteiger partial charge is 0.124 e. The summed E-state index contributed by atoms with van der Waals surface area (Å²) in [6, 6.07) is 48.9. The number of phenolic OH excluding ortho intramolecular Hbond substituents is 3. The van der Waals surface area contributed by atoms with Crippen molar-refractivity contribution in [3.63, 3.8) is 0 Å². The third-order valence-corrected chi connectivity index (χ3v) is 11.3. The maximum Gasteiger partial charge on any atom is 0.124 e. The Morgan fingerprint density at radius 3 is 1.19 bits per heavy atom. The topological polar surface area (TPSA) is 118 Å². The summed E-state index contributed by atoms with van der Waals surface area (Å²) in [5.41, 5.74) is 12.2. The first-order chi connectivity index (χ1) is 29.0. The van der Waals surface area contributed by atoms with Crippen molar-refractivity contribution in [1.82, 2.24) is 19.9 Å². The third kappa shape index (κ3) is 5.67. The molecule has 6 aromatic carbocycles. The van der Waals surface area contributed by atoms with Gasteiger partial charge in [0.05, 0.1) is 22.8 Å². The van der Waals surface area contributed by atoms with E-state index in [-0.39, 0.29) is 17.2 Å². The summed E-state index contributed by atoms with van der Waals surface area (Å²) in [6.07, 6.45) is 8.03. The molecule has 9 aromatic rings. The molecule has 7 nitrogen and oxygen atoms in total. The van der Waals surface area contributed by atoms with Gasteiger partial charge >= 0.3 is 0 Å². The highest BCUT2D eigenvalue weighted by Crippen LogP contribution is 2.45. The highest BCUT2D eigenvalue weighted by molar-refractivity contribution is 6.09. The summed E-state index contributed by atoms with van der Waals surface area (Å²) < 4.78 is 0. The molecule has 3 aromatic heterocycles. The van der Waals surface area contributed by atoms with Gasteiger partial charge in [0.25, 0.3) is 0 Å². The molecule has 11 rings (SSSR count). The fourth-order valence-corrected chi connectivity index (χ4v) is 8.62. The van der Waals surface area contributed by atoms with Crippen LogP contribution in [-0.2, 0) is 0 Å². The first kappa shape index (κ1) is 34.1. The Bertz CT molecular complexity index is 3330. The number of H-pyrrole nitrogens is 2. The summed E-state index contributed by atoms with van der Waals surface area (Å²) in [5, 5.41) is 37.6. The highest BCUT2D eigenvalue weighted by atomic mass is 16.3. The lowest BCUT2D eigenvalue weighted by Crippen LogP contribution is -1.91. The molecule has 7 heteroatoms. The van der Waals surface area contributed by atoms with Gasteiger partial charge in [0, 0.05) is 55.4 Å². The standard InChI is InChI=1S/C52H34N4O3/c57-34-18-14-33(15-19-34)48-39-22-26-43(55-39)51(49-35-12-6-4-8-30(35)16-28-45(49)58)41-24-20-37(53-41)47(32-10-2-1-3-11-32)38-21-25-42(54-38)52(44-27-23-40(48)56-44)50-36-13-7-5-9-31(36)17-29-46(50)59/h1-29,53,56-59H. The van der Waals surface area contributed by atoms with Crippen LogP contribution in [-0.4, -0.2) is 35.3 Å². The first-order valence-electron chi connectivity index (χ1n) is 19.4. The molecular weight excluding hydrogens is 729 g/mol. The Labute approximate surface area is 338 Å². The van der Waals surface area contributed by atoms with Gasteiger partial charge < -0.3 is 25.3 Å². The molecule has 2 aliphatic rings. The van der Waals surface area contributed by atoms with Gasteiger partial charge in [0.2, 0.25) is 0 Å². The Morgan fingerprint density at radius 2 is 0.712 bits per heavy atom. The van der Waals surface area contributed by atoms with E-state index in [1.54, 1.807) is 24.3 Å². The summed E-state index contributed by atoms with van der Waals surface area (Å²) in [5.74, 6) is 0.433. The molecule has 8 bridgehead atoms. The van der Waals surface area contributed by atoms with Crippen molar-refractivity contribution in [2.45, 2.75) is 0 Å². The summed E-state index contributed by atoms with van der Waals surface area (Å²) >= 11 is 0. The number of aromatic hydroxyl groups is 3. The summed E-state index contributed by atoms with van der Waals surface area (Å²) in [7, 11) is 0. The zero-order valence-electron chi connectivity index (χ0n) is 31.5. The average molecular weight is 763 g/mol. The minimum Gasteiger partial charge on any atom is -0.508 e. The van der Waals surface area contributed by atoms with E-state index in [1.165, 1.54) is 0 Å². The Balaban J connectivity index is 1.35. The van der Waals surface area contributed by atoms with Gasteiger partial charge in [-0.1, -0.05) is 103 Å². The molecule has 5 heterocycles. The van der Waals surface area contributed by atoms with E-state index in [1.807, 2.05) is 133 Å². The lowest BCUT2D eigenvalue weighted by molar-refractivity contribution is 0.475. The number of benzene rings is 6. The maximum absolute atomic E-state index is 11.7. The zero-order valence-corrected chi connectivity index (χ0v) is 31.5. The van der Waals surface area contributed by atoms with E-state index >= 15 is 0 Å². The van der Waals surface area contributed by atoms with Crippen LogP contribution < -0.4 is 0 Å². The molecule has 0 spiro atoms. The van der Waals surface area contributed by atoms with Crippen molar-refractivity contribution < 1.29 is 15.3 Å². The molecular formula is C52H34N4O3. The number of nitrogens with zero attached hydrogens (tertiary/aromatic N) is 2. The van der Waals surface area contributed by atoms with E-state index in [2.05, 4.69) is 28.2 Å². The molecule has 280 valence electrons. The second-order valence-electron chi connectivity index (χ2n) is 14.8. The normalized spacial score (nSPS) is 12.1. The zero-order chi connectivity index (χ0) is 39.6. The van der Waals surface area contributed by atoms with E-state index in [4.69, 9.17) is 9.97 Å². The highest BCUT2D eigenvalue weighted by Gasteiger charge is 2.22. The molecule has 0 unspecified atom stereocenters. The van der Waals surface area contributed by atoms with Crippen molar-refractivity contribution in [3.05, 3.63) is 174 Å². The number of fused-ring (bicyclic) bond motifs is 10. The third-order valence-electron chi connectivity index (χ3n) is 11.3. The van der Waals surface area contributed by atoms with Crippen molar-refractivity contribution in [1.29, 1.82) is 0 Å². The average Bonchev–Trinajstić information content (AvgIpc) is 4.11. The van der Waals surface area contributed by atoms with Crippen LogP contribution in [0.4, 0.5) is 0 Å². The van der Waals surface area contributed by atoms with Crippen LogP contribution >= 0.6 is 0 Å². The maximum atomic E-state index is 11.7. The van der Waals surface area contributed by atoms with Crippen molar-refractivity contribution in [2.75, 3.05) is 0 Å². The van der Waals surface area contributed by atoms with Gasteiger partial charge in [-0.3, -0.25) is 0 Å². The number of hydrogen-bond acceptors (Lipinski definition) is 5.